The molecule has 6 heteroatoms. The average Bonchev–Trinajstić information content (AvgIpc) is 3.22. The van der Waals surface area contributed by atoms with Crippen molar-refractivity contribution in [3.8, 4) is 0 Å². The van der Waals surface area contributed by atoms with Crippen LogP contribution in [0.3, 0.4) is 0 Å². The molecule has 3 heterocycles. The van der Waals surface area contributed by atoms with E-state index in [1.54, 1.807) is 22.8 Å². The first-order valence-electron chi connectivity index (χ1n) is 8.50. The van der Waals surface area contributed by atoms with Gasteiger partial charge in [0.05, 0.1) is 28.5 Å². The number of sulfonamides is 1. The number of aryl methyl sites for hydroxylation is 2. The minimum absolute atomic E-state index is 0.0122. The van der Waals surface area contributed by atoms with Crippen LogP contribution >= 0.6 is 0 Å². The van der Waals surface area contributed by atoms with Crippen molar-refractivity contribution in [2.24, 2.45) is 0 Å². The molecule has 24 heavy (non-hydrogen) atoms. The molecular weight excluding hydrogens is 322 g/mol. The highest BCUT2D eigenvalue weighted by molar-refractivity contribution is 7.92. The lowest BCUT2D eigenvalue weighted by Gasteiger charge is -2.37. The van der Waals surface area contributed by atoms with Crippen LogP contribution in [-0.2, 0) is 22.9 Å². The van der Waals surface area contributed by atoms with E-state index in [4.69, 9.17) is 0 Å². The second-order valence-electron chi connectivity index (χ2n) is 6.84. The van der Waals surface area contributed by atoms with Crippen LogP contribution in [0.4, 0.5) is 11.4 Å². The van der Waals surface area contributed by atoms with Crippen molar-refractivity contribution in [3.63, 3.8) is 0 Å². The zero-order valence-corrected chi connectivity index (χ0v) is 14.2. The van der Waals surface area contributed by atoms with Crippen LogP contribution in [0.2, 0.25) is 0 Å². The Labute approximate surface area is 142 Å². The van der Waals surface area contributed by atoms with E-state index in [9.17, 15) is 8.42 Å². The first kappa shape index (κ1) is 14.3. The number of nitrogens with zero attached hydrogens (tertiary/aromatic N) is 3. The zero-order chi connectivity index (χ0) is 16.3. The molecule has 0 N–H and O–H groups in total. The van der Waals surface area contributed by atoms with E-state index in [1.807, 2.05) is 18.2 Å². The summed E-state index contributed by atoms with van der Waals surface area (Å²) < 4.78 is 28.5. The van der Waals surface area contributed by atoms with Crippen LogP contribution in [0.15, 0.2) is 41.6 Å². The Balaban J connectivity index is 1.65. The van der Waals surface area contributed by atoms with Crippen molar-refractivity contribution < 1.29 is 8.42 Å². The minimum Gasteiger partial charge on any atom is -0.366 e. The summed E-state index contributed by atoms with van der Waals surface area (Å²) in [6.45, 7) is 1.64. The summed E-state index contributed by atoms with van der Waals surface area (Å²) >= 11 is 0. The highest BCUT2D eigenvalue weighted by Crippen LogP contribution is 2.42. The lowest BCUT2D eigenvalue weighted by atomic mass is 10.1. The molecule has 1 unspecified atom stereocenters. The largest absolute Gasteiger partial charge is 0.366 e. The van der Waals surface area contributed by atoms with Crippen LogP contribution in [0.1, 0.15) is 24.0 Å². The molecule has 2 aliphatic heterocycles. The van der Waals surface area contributed by atoms with Gasteiger partial charge in [0.15, 0.2) is 0 Å². The maximum Gasteiger partial charge on any atom is 0.264 e. The van der Waals surface area contributed by atoms with Crippen LogP contribution < -0.4 is 9.21 Å². The second-order valence-corrected chi connectivity index (χ2v) is 8.65. The van der Waals surface area contributed by atoms with Crippen LogP contribution in [0.25, 0.3) is 0 Å². The third-order valence-electron chi connectivity index (χ3n) is 5.48. The van der Waals surface area contributed by atoms with Gasteiger partial charge < -0.3 is 4.90 Å². The normalized spacial score (nSPS) is 21.8. The first-order valence-corrected chi connectivity index (χ1v) is 9.94. The van der Waals surface area contributed by atoms with Crippen LogP contribution in [0.5, 0.6) is 0 Å². The lowest BCUT2D eigenvalue weighted by Crippen LogP contribution is -2.45. The van der Waals surface area contributed by atoms with Gasteiger partial charge in [0.25, 0.3) is 10.0 Å². The van der Waals surface area contributed by atoms with Crippen molar-refractivity contribution in [2.45, 2.75) is 36.6 Å². The van der Waals surface area contributed by atoms with E-state index in [0.29, 0.717) is 4.90 Å². The molecule has 5 nitrogen and oxygen atoms in total. The molecule has 5 rings (SSSR count). The molecule has 0 amide bonds. The Kier molecular flexibility index (Phi) is 2.95. The van der Waals surface area contributed by atoms with E-state index >= 15 is 0 Å². The van der Waals surface area contributed by atoms with Gasteiger partial charge in [0.2, 0.25) is 0 Å². The summed E-state index contributed by atoms with van der Waals surface area (Å²) in [6.07, 6.45) is 7.48. The molecule has 2 bridgehead atoms. The van der Waals surface area contributed by atoms with Crippen molar-refractivity contribution in [2.75, 3.05) is 22.3 Å². The Bertz CT molecular complexity index is 926. The monoisotopic (exact) mass is 341 g/mol. The minimum atomic E-state index is -3.55. The SMILES string of the molecule is O=S(=O)(c1ccc2c(c1)CCC2)N1c2ccncc2N2CCC1C2. The standard InChI is InChI=1S/C18H19N3O2S/c22-24(23,16-5-4-13-2-1-3-14(13)10-16)21-15-7-9-20(12-15)18-11-19-8-6-17(18)21/h4-6,8,10-11,15H,1-3,7,9,12H2. The molecule has 1 aliphatic carbocycles. The summed E-state index contributed by atoms with van der Waals surface area (Å²) in [4.78, 5) is 6.85. The van der Waals surface area contributed by atoms with Gasteiger partial charge in [-0.1, -0.05) is 6.07 Å². The van der Waals surface area contributed by atoms with Crippen molar-refractivity contribution in [1.29, 1.82) is 0 Å². The molecule has 0 radical (unpaired) electrons. The van der Waals surface area contributed by atoms with E-state index in [0.717, 1.165) is 50.1 Å². The molecular formula is C18H19N3O2S. The number of rotatable bonds is 2. The number of benzene rings is 1. The maximum atomic E-state index is 13.4. The molecule has 1 aromatic heterocycles. The zero-order valence-electron chi connectivity index (χ0n) is 13.4. The average molecular weight is 341 g/mol. The van der Waals surface area contributed by atoms with E-state index < -0.39 is 10.0 Å². The smallest absolute Gasteiger partial charge is 0.264 e. The fourth-order valence-corrected chi connectivity index (χ4v) is 6.04. The number of hydrogen-bond acceptors (Lipinski definition) is 4. The third-order valence-corrected chi connectivity index (χ3v) is 7.34. The molecule has 0 spiro atoms. The van der Waals surface area contributed by atoms with E-state index in [2.05, 4.69) is 9.88 Å². The molecule has 1 fully saturated rings. The Hall–Kier alpha value is -2.08. The van der Waals surface area contributed by atoms with Crippen molar-refractivity contribution in [3.05, 3.63) is 47.8 Å². The summed E-state index contributed by atoms with van der Waals surface area (Å²) in [6, 6.07) is 7.50. The molecule has 2 aromatic rings. The first-order chi connectivity index (χ1) is 11.6. The maximum absolute atomic E-state index is 13.4. The highest BCUT2D eigenvalue weighted by Gasteiger charge is 2.42. The summed E-state index contributed by atoms with van der Waals surface area (Å²) in [5.41, 5.74) is 4.18. The van der Waals surface area contributed by atoms with Crippen LogP contribution in [-0.4, -0.2) is 32.5 Å². The van der Waals surface area contributed by atoms with Gasteiger partial charge in [-0.3, -0.25) is 9.29 Å². The van der Waals surface area contributed by atoms with Gasteiger partial charge in [0.1, 0.15) is 0 Å². The number of anilines is 2. The fraction of sp³-hybridized carbons (Fsp3) is 0.389. The van der Waals surface area contributed by atoms with Gasteiger partial charge in [-0.2, -0.15) is 0 Å². The number of aromatic nitrogens is 1. The van der Waals surface area contributed by atoms with Gasteiger partial charge >= 0.3 is 0 Å². The predicted octanol–water partition coefficient (Wildman–Crippen LogP) is 2.36. The number of pyridine rings is 1. The Morgan fingerprint density at radius 3 is 2.88 bits per heavy atom. The molecule has 3 aliphatic rings. The van der Waals surface area contributed by atoms with Gasteiger partial charge in [-0.25, -0.2) is 8.42 Å². The quantitative estimate of drug-likeness (QED) is 0.841. The summed E-state index contributed by atoms with van der Waals surface area (Å²) in [5.74, 6) is 0. The van der Waals surface area contributed by atoms with Gasteiger partial charge in [-0.05, 0) is 55.0 Å². The Morgan fingerprint density at radius 2 is 1.96 bits per heavy atom. The fourth-order valence-electron chi connectivity index (χ4n) is 4.31. The molecule has 1 saturated heterocycles. The predicted molar refractivity (Wildman–Crippen MR) is 93.0 cm³/mol. The third kappa shape index (κ3) is 1.92. The van der Waals surface area contributed by atoms with E-state index in [-0.39, 0.29) is 6.04 Å². The number of fused-ring (bicyclic) bond motifs is 5. The van der Waals surface area contributed by atoms with Gasteiger partial charge in [0, 0.05) is 19.3 Å². The van der Waals surface area contributed by atoms with Gasteiger partial charge in [-0.15, -0.1) is 0 Å². The summed E-state index contributed by atoms with van der Waals surface area (Å²) in [5, 5.41) is 0. The van der Waals surface area contributed by atoms with Crippen LogP contribution in [0, 0.1) is 0 Å². The van der Waals surface area contributed by atoms with E-state index in [1.165, 1.54) is 11.1 Å². The molecule has 0 saturated carbocycles. The second kappa shape index (κ2) is 4.96. The summed E-state index contributed by atoms with van der Waals surface area (Å²) in [7, 11) is -3.55. The molecule has 1 aromatic carbocycles. The lowest BCUT2D eigenvalue weighted by molar-refractivity contribution is 0.578. The number of hydrogen-bond donors (Lipinski definition) is 0. The van der Waals surface area contributed by atoms with Crippen molar-refractivity contribution in [1.82, 2.24) is 4.98 Å². The highest BCUT2D eigenvalue weighted by atomic mass is 32.2. The topological polar surface area (TPSA) is 53.5 Å². The molecule has 1 atom stereocenters. The molecule has 124 valence electrons. The Morgan fingerprint density at radius 1 is 1.08 bits per heavy atom. The van der Waals surface area contributed by atoms with Crippen molar-refractivity contribution >= 4 is 21.4 Å².